The summed E-state index contributed by atoms with van der Waals surface area (Å²) >= 11 is 1.44. The van der Waals surface area contributed by atoms with Gasteiger partial charge in [-0.2, -0.15) is 0 Å². The third-order valence-corrected chi connectivity index (χ3v) is 1.88. The Balaban J connectivity index is 2.86. The highest BCUT2D eigenvalue weighted by Gasteiger charge is 1.93. The van der Waals surface area contributed by atoms with Crippen LogP contribution in [0.3, 0.4) is 0 Å². The van der Waals surface area contributed by atoms with Crippen molar-refractivity contribution in [1.29, 1.82) is 0 Å². The fourth-order valence-corrected chi connectivity index (χ4v) is 1.25. The van der Waals surface area contributed by atoms with Gasteiger partial charge in [-0.3, -0.25) is 4.79 Å². The second kappa shape index (κ2) is 2.64. The van der Waals surface area contributed by atoms with Crippen molar-refractivity contribution >= 4 is 23.3 Å². The van der Waals surface area contributed by atoms with Crippen molar-refractivity contribution in [3.8, 4) is 0 Å². The van der Waals surface area contributed by atoms with E-state index in [2.05, 4.69) is 5.32 Å². The van der Waals surface area contributed by atoms with Crippen LogP contribution in [0.25, 0.3) is 0 Å². The zero-order chi connectivity index (χ0) is 6.69. The molecular formula is C6H7NOS. The van der Waals surface area contributed by atoms with Gasteiger partial charge in [0.05, 0.1) is 4.88 Å². The Morgan fingerprint density at radius 1 is 1.78 bits per heavy atom. The Kier molecular flexibility index (Phi) is 1.85. The molecule has 0 amide bonds. The van der Waals surface area contributed by atoms with Gasteiger partial charge in [0.15, 0.2) is 6.29 Å². The lowest BCUT2D eigenvalue weighted by Crippen LogP contribution is -1.82. The molecule has 0 aliphatic rings. The van der Waals surface area contributed by atoms with Crippen molar-refractivity contribution < 1.29 is 4.79 Å². The molecular weight excluding hydrogens is 134 g/mol. The van der Waals surface area contributed by atoms with Crippen molar-refractivity contribution in [2.45, 2.75) is 0 Å². The predicted octanol–water partition coefficient (Wildman–Crippen LogP) is 1.60. The van der Waals surface area contributed by atoms with E-state index in [0.717, 1.165) is 16.9 Å². The molecule has 1 aromatic heterocycles. The third kappa shape index (κ3) is 1.29. The molecule has 0 aromatic carbocycles. The quantitative estimate of drug-likeness (QED) is 0.634. The summed E-state index contributed by atoms with van der Waals surface area (Å²) in [6.45, 7) is 0. The Labute approximate surface area is 57.5 Å². The van der Waals surface area contributed by atoms with E-state index < -0.39 is 0 Å². The predicted molar refractivity (Wildman–Crippen MR) is 39.3 cm³/mol. The molecule has 9 heavy (non-hydrogen) atoms. The largest absolute Gasteiger partial charge is 0.387 e. The number of thiophene rings is 1. The van der Waals surface area contributed by atoms with Crippen molar-refractivity contribution in [3.05, 3.63) is 16.3 Å². The summed E-state index contributed by atoms with van der Waals surface area (Å²) in [5.74, 6) is 0. The zero-order valence-corrected chi connectivity index (χ0v) is 5.87. The van der Waals surface area contributed by atoms with Crippen molar-refractivity contribution in [3.63, 3.8) is 0 Å². The monoisotopic (exact) mass is 141 g/mol. The van der Waals surface area contributed by atoms with E-state index in [9.17, 15) is 4.79 Å². The topological polar surface area (TPSA) is 29.1 Å². The fourth-order valence-electron chi connectivity index (χ4n) is 0.546. The molecule has 48 valence electrons. The SMILES string of the molecule is CNc1csc(C=O)c1. The Bertz CT molecular complexity index is 207. The summed E-state index contributed by atoms with van der Waals surface area (Å²) in [4.78, 5) is 10.9. The molecule has 0 saturated carbocycles. The van der Waals surface area contributed by atoms with Gasteiger partial charge in [-0.1, -0.05) is 0 Å². The fraction of sp³-hybridized carbons (Fsp3) is 0.167. The second-order valence-corrected chi connectivity index (χ2v) is 2.55. The average molecular weight is 141 g/mol. The lowest BCUT2D eigenvalue weighted by Gasteiger charge is -1.87. The van der Waals surface area contributed by atoms with Gasteiger partial charge < -0.3 is 5.32 Å². The highest BCUT2D eigenvalue weighted by Crippen LogP contribution is 2.15. The number of nitrogens with one attached hydrogen (secondary N) is 1. The molecule has 0 unspecified atom stereocenters. The van der Waals surface area contributed by atoms with Gasteiger partial charge in [-0.25, -0.2) is 0 Å². The summed E-state index contributed by atoms with van der Waals surface area (Å²) in [5.41, 5.74) is 1.00. The van der Waals surface area contributed by atoms with Gasteiger partial charge in [0, 0.05) is 18.1 Å². The van der Waals surface area contributed by atoms with Crippen LogP contribution in [0.1, 0.15) is 9.67 Å². The van der Waals surface area contributed by atoms with Crippen LogP contribution < -0.4 is 5.32 Å². The number of rotatable bonds is 2. The summed E-state index contributed by atoms with van der Waals surface area (Å²) in [7, 11) is 1.83. The van der Waals surface area contributed by atoms with Crippen LogP contribution in [-0.2, 0) is 0 Å². The molecule has 0 radical (unpaired) electrons. The molecule has 0 atom stereocenters. The Hall–Kier alpha value is -0.830. The summed E-state index contributed by atoms with van der Waals surface area (Å²) in [5, 5.41) is 4.84. The van der Waals surface area contributed by atoms with Crippen LogP contribution in [0, 0.1) is 0 Å². The Morgan fingerprint density at radius 3 is 2.89 bits per heavy atom. The van der Waals surface area contributed by atoms with Crippen LogP contribution in [0.4, 0.5) is 5.69 Å². The van der Waals surface area contributed by atoms with E-state index in [0.29, 0.717) is 0 Å². The molecule has 0 saturated heterocycles. The highest BCUT2D eigenvalue weighted by atomic mass is 32.1. The minimum atomic E-state index is 0.763. The van der Waals surface area contributed by atoms with Crippen LogP contribution in [0.15, 0.2) is 11.4 Å². The van der Waals surface area contributed by atoms with Gasteiger partial charge in [-0.15, -0.1) is 11.3 Å². The van der Waals surface area contributed by atoms with Gasteiger partial charge in [-0.05, 0) is 6.07 Å². The molecule has 0 spiro atoms. The normalized spacial score (nSPS) is 9.00. The third-order valence-electron chi connectivity index (χ3n) is 1.02. The number of carbonyl (C=O) groups is 1. The standard InChI is InChI=1S/C6H7NOS/c1-7-5-2-6(3-8)9-4-5/h2-4,7H,1H3. The van der Waals surface area contributed by atoms with E-state index in [4.69, 9.17) is 0 Å². The van der Waals surface area contributed by atoms with Crippen LogP contribution in [-0.4, -0.2) is 13.3 Å². The maximum Gasteiger partial charge on any atom is 0.160 e. The molecule has 1 rings (SSSR count). The molecule has 0 aliphatic heterocycles. The van der Waals surface area contributed by atoms with E-state index >= 15 is 0 Å². The van der Waals surface area contributed by atoms with Gasteiger partial charge >= 0.3 is 0 Å². The molecule has 1 aromatic rings. The molecule has 0 fully saturated rings. The van der Waals surface area contributed by atoms with Gasteiger partial charge in [0.1, 0.15) is 0 Å². The zero-order valence-electron chi connectivity index (χ0n) is 5.05. The number of anilines is 1. The first-order chi connectivity index (χ1) is 4.36. The van der Waals surface area contributed by atoms with E-state index in [1.165, 1.54) is 11.3 Å². The molecule has 0 aliphatic carbocycles. The molecule has 2 nitrogen and oxygen atoms in total. The first-order valence-electron chi connectivity index (χ1n) is 2.58. The number of carbonyl (C=O) groups excluding carboxylic acids is 1. The van der Waals surface area contributed by atoms with Crippen molar-refractivity contribution in [2.24, 2.45) is 0 Å². The van der Waals surface area contributed by atoms with Crippen LogP contribution in [0.2, 0.25) is 0 Å². The molecule has 1 heterocycles. The van der Waals surface area contributed by atoms with E-state index in [1.54, 1.807) is 0 Å². The maximum absolute atomic E-state index is 10.1. The number of hydrogen-bond acceptors (Lipinski definition) is 3. The van der Waals surface area contributed by atoms with E-state index in [-0.39, 0.29) is 0 Å². The maximum atomic E-state index is 10.1. The first-order valence-corrected chi connectivity index (χ1v) is 3.46. The summed E-state index contributed by atoms with van der Waals surface area (Å²) in [6.07, 6.45) is 0.853. The van der Waals surface area contributed by atoms with E-state index in [1.807, 2.05) is 18.5 Å². The highest BCUT2D eigenvalue weighted by molar-refractivity contribution is 7.12. The van der Waals surface area contributed by atoms with Gasteiger partial charge in [0.2, 0.25) is 0 Å². The first kappa shape index (κ1) is 6.29. The number of hydrogen-bond donors (Lipinski definition) is 1. The molecule has 0 bridgehead atoms. The summed E-state index contributed by atoms with van der Waals surface area (Å²) in [6, 6.07) is 1.82. The molecule has 3 heteroatoms. The van der Waals surface area contributed by atoms with Crippen LogP contribution in [0.5, 0.6) is 0 Å². The Morgan fingerprint density at radius 2 is 2.56 bits per heavy atom. The van der Waals surface area contributed by atoms with Crippen molar-refractivity contribution in [2.75, 3.05) is 12.4 Å². The minimum Gasteiger partial charge on any atom is -0.387 e. The number of aldehydes is 1. The minimum absolute atomic E-state index is 0.763. The van der Waals surface area contributed by atoms with Gasteiger partial charge in [0.25, 0.3) is 0 Å². The van der Waals surface area contributed by atoms with Crippen molar-refractivity contribution in [1.82, 2.24) is 0 Å². The smallest absolute Gasteiger partial charge is 0.160 e. The van der Waals surface area contributed by atoms with Crippen LogP contribution >= 0.6 is 11.3 Å². The lowest BCUT2D eigenvalue weighted by molar-refractivity contribution is 0.112. The average Bonchev–Trinajstić information content (AvgIpc) is 2.34. The summed E-state index contributed by atoms with van der Waals surface area (Å²) < 4.78 is 0. The molecule has 1 N–H and O–H groups in total. The lowest BCUT2D eigenvalue weighted by atomic mass is 10.4. The second-order valence-electron chi connectivity index (χ2n) is 1.61.